The van der Waals surface area contributed by atoms with Gasteiger partial charge in [0.1, 0.15) is 6.54 Å². The Labute approximate surface area is 131 Å². The lowest BCUT2D eigenvalue weighted by atomic mass is 10.2. The summed E-state index contributed by atoms with van der Waals surface area (Å²) in [6.45, 7) is 1.83. The summed E-state index contributed by atoms with van der Waals surface area (Å²) in [6.07, 6.45) is 0.808. The largest absolute Gasteiger partial charge is 0.454 e. The number of carbonyl (C=O) groups excluding carboxylic acids is 3. The zero-order valence-electron chi connectivity index (χ0n) is 11.6. The van der Waals surface area contributed by atoms with Crippen molar-refractivity contribution in [3.63, 3.8) is 0 Å². The fourth-order valence-electron chi connectivity index (χ4n) is 1.40. The third kappa shape index (κ3) is 6.89. The van der Waals surface area contributed by atoms with Crippen LogP contribution in [0, 0.1) is 0 Å². The van der Waals surface area contributed by atoms with Gasteiger partial charge in [0, 0.05) is 16.6 Å². The highest BCUT2D eigenvalue weighted by Gasteiger charge is 2.10. The quantitative estimate of drug-likeness (QED) is 0.720. The summed E-state index contributed by atoms with van der Waals surface area (Å²) in [4.78, 5) is 34.4. The van der Waals surface area contributed by atoms with Crippen molar-refractivity contribution in [3.8, 4) is 0 Å². The van der Waals surface area contributed by atoms with E-state index in [0.29, 0.717) is 12.1 Å². The highest BCUT2D eigenvalue weighted by atomic mass is 79.9. The number of esters is 1. The predicted molar refractivity (Wildman–Crippen MR) is 80.7 cm³/mol. The summed E-state index contributed by atoms with van der Waals surface area (Å²) in [5.41, 5.74) is 0.429. The topological polar surface area (TPSA) is 84.5 Å². The van der Waals surface area contributed by atoms with Crippen LogP contribution in [0.4, 0.5) is 0 Å². The number of benzene rings is 1. The molecule has 0 aliphatic rings. The number of amides is 2. The highest BCUT2D eigenvalue weighted by Crippen LogP contribution is 2.11. The van der Waals surface area contributed by atoms with Crippen LogP contribution in [0.3, 0.4) is 0 Å². The summed E-state index contributed by atoms with van der Waals surface area (Å²) < 4.78 is 5.50. The third-order valence-electron chi connectivity index (χ3n) is 2.42. The number of hydrogen-bond acceptors (Lipinski definition) is 4. The molecule has 114 valence electrons. The molecule has 0 fully saturated rings. The van der Waals surface area contributed by atoms with Gasteiger partial charge >= 0.3 is 5.97 Å². The van der Waals surface area contributed by atoms with Crippen molar-refractivity contribution in [1.29, 1.82) is 0 Å². The first-order valence-electron chi connectivity index (χ1n) is 6.49. The van der Waals surface area contributed by atoms with Crippen molar-refractivity contribution >= 4 is 33.7 Å². The van der Waals surface area contributed by atoms with E-state index in [2.05, 4.69) is 26.6 Å². The number of halogens is 1. The minimum atomic E-state index is -0.662. The maximum absolute atomic E-state index is 11.8. The lowest BCUT2D eigenvalue weighted by Gasteiger charge is -2.07. The molecule has 0 aromatic heterocycles. The van der Waals surface area contributed by atoms with Crippen LogP contribution >= 0.6 is 15.9 Å². The van der Waals surface area contributed by atoms with E-state index in [1.807, 2.05) is 6.92 Å². The molecule has 0 saturated heterocycles. The Morgan fingerprint density at radius 2 is 2.00 bits per heavy atom. The minimum Gasteiger partial charge on any atom is -0.454 e. The standard InChI is InChI=1S/C14H17BrN2O4/c1-2-6-16-12(18)9-21-13(19)8-17-14(20)10-4-3-5-11(15)7-10/h3-5,7H,2,6,8-9H2,1H3,(H,16,18)(H,17,20). The molecule has 1 rings (SSSR count). The Morgan fingerprint density at radius 1 is 1.24 bits per heavy atom. The molecule has 0 bridgehead atoms. The van der Waals surface area contributed by atoms with Gasteiger partial charge in [-0.25, -0.2) is 0 Å². The summed E-state index contributed by atoms with van der Waals surface area (Å²) in [5, 5.41) is 5.00. The SMILES string of the molecule is CCCNC(=O)COC(=O)CNC(=O)c1cccc(Br)c1. The second-order valence-electron chi connectivity index (χ2n) is 4.20. The number of ether oxygens (including phenoxy) is 1. The van der Waals surface area contributed by atoms with Crippen molar-refractivity contribution in [3.05, 3.63) is 34.3 Å². The molecular weight excluding hydrogens is 340 g/mol. The van der Waals surface area contributed by atoms with Crippen LogP contribution in [-0.2, 0) is 14.3 Å². The second kappa shape index (κ2) is 9.12. The molecule has 21 heavy (non-hydrogen) atoms. The lowest BCUT2D eigenvalue weighted by molar-refractivity contribution is -0.147. The first-order valence-corrected chi connectivity index (χ1v) is 7.28. The lowest BCUT2D eigenvalue weighted by Crippen LogP contribution is -2.34. The Balaban J connectivity index is 2.30. The molecule has 0 atom stereocenters. The first-order chi connectivity index (χ1) is 10.0. The predicted octanol–water partition coefficient (Wildman–Crippen LogP) is 1.25. The maximum Gasteiger partial charge on any atom is 0.325 e. The van der Waals surface area contributed by atoms with E-state index < -0.39 is 5.97 Å². The van der Waals surface area contributed by atoms with Gasteiger partial charge in [0.05, 0.1) is 0 Å². The van der Waals surface area contributed by atoms with Crippen LogP contribution < -0.4 is 10.6 Å². The molecule has 2 amide bonds. The van der Waals surface area contributed by atoms with Gasteiger partial charge in [-0.15, -0.1) is 0 Å². The van der Waals surface area contributed by atoms with Crippen molar-refractivity contribution in [1.82, 2.24) is 10.6 Å². The van der Waals surface area contributed by atoms with Crippen LogP contribution in [0.5, 0.6) is 0 Å². The molecule has 7 heteroatoms. The van der Waals surface area contributed by atoms with E-state index in [9.17, 15) is 14.4 Å². The summed E-state index contributed by atoms with van der Waals surface area (Å²) in [5.74, 6) is -1.41. The molecule has 6 nitrogen and oxygen atoms in total. The molecule has 0 spiro atoms. The zero-order valence-corrected chi connectivity index (χ0v) is 13.2. The normalized spacial score (nSPS) is 9.81. The van der Waals surface area contributed by atoms with E-state index >= 15 is 0 Å². The molecule has 1 aromatic rings. The number of rotatable bonds is 7. The second-order valence-corrected chi connectivity index (χ2v) is 5.12. The van der Waals surface area contributed by atoms with Gasteiger partial charge in [-0.2, -0.15) is 0 Å². The number of carbonyl (C=O) groups is 3. The van der Waals surface area contributed by atoms with Gasteiger partial charge in [0.15, 0.2) is 6.61 Å². The molecule has 0 saturated carbocycles. The Hall–Kier alpha value is -1.89. The molecular formula is C14H17BrN2O4. The fourth-order valence-corrected chi connectivity index (χ4v) is 1.80. The molecule has 0 radical (unpaired) electrons. The first kappa shape index (κ1) is 17.2. The van der Waals surface area contributed by atoms with E-state index in [0.717, 1.165) is 10.9 Å². The molecule has 0 unspecified atom stereocenters. The van der Waals surface area contributed by atoms with Gasteiger partial charge in [-0.3, -0.25) is 14.4 Å². The number of nitrogens with one attached hydrogen (secondary N) is 2. The maximum atomic E-state index is 11.8. The van der Waals surface area contributed by atoms with E-state index in [1.165, 1.54) is 0 Å². The van der Waals surface area contributed by atoms with Crippen LogP contribution in [0.1, 0.15) is 23.7 Å². The Bertz CT molecular complexity index is 519. The molecule has 0 aliphatic carbocycles. The minimum absolute atomic E-state index is 0.285. The van der Waals surface area contributed by atoms with Gasteiger partial charge in [-0.05, 0) is 24.6 Å². The average molecular weight is 357 g/mol. The van der Waals surface area contributed by atoms with Crippen molar-refractivity contribution < 1.29 is 19.1 Å². The van der Waals surface area contributed by atoms with Crippen LogP contribution in [0.25, 0.3) is 0 Å². The summed E-state index contributed by atoms with van der Waals surface area (Å²) in [6, 6.07) is 6.78. The fraction of sp³-hybridized carbons (Fsp3) is 0.357. The van der Waals surface area contributed by atoms with Gasteiger partial charge < -0.3 is 15.4 Å². The van der Waals surface area contributed by atoms with Crippen LogP contribution in [0.15, 0.2) is 28.7 Å². The van der Waals surface area contributed by atoms with Crippen molar-refractivity contribution in [2.75, 3.05) is 19.7 Å². The van der Waals surface area contributed by atoms with Gasteiger partial charge in [0.25, 0.3) is 11.8 Å². The van der Waals surface area contributed by atoms with Gasteiger partial charge in [0.2, 0.25) is 0 Å². The van der Waals surface area contributed by atoms with E-state index in [4.69, 9.17) is 4.74 Å². The highest BCUT2D eigenvalue weighted by molar-refractivity contribution is 9.10. The monoisotopic (exact) mass is 356 g/mol. The smallest absolute Gasteiger partial charge is 0.325 e. The molecule has 0 aliphatic heterocycles. The third-order valence-corrected chi connectivity index (χ3v) is 2.91. The van der Waals surface area contributed by atoms with Crippen LogP contribution in [0.2, 0.25) is 0 Å². The van der Waals surface area contributed by atoms with E-state index in [-0.39, 0.29) is 25.0 Å². The Kier molecular flexibility index (Phi) is 7.45. The van der Waals surface area contributed by atoms with Crippen LogP contribution in [-0.4, -0.2) is 37.5 Å². The van der Waals surface area contributed by atoms with Gasteiger partial charge in [-0.1, -0.05) is 28.9 Å². The summed E-state index contributed by atoms with van der Waals surface area (Å²) in [7, 11) is 0. The zero-order chi connectivity index (χ0) is 15.7. The molecule has 2 N–H and O–H groups in total. The Morgan fingerprint density at radius 3 is 2.67 bits per heavy atom. The molecule has 0 heterocycles. The average Bonchev–Trinajstić information content (AvgIpc) is 2.48. The van der Waals surface area contributed by atoms with E-state index in [1.54, 1.807) is 24.3 Å². The summed E-state index contributed by atoms with van der Waals surface area (Å²) >= 11 is 3.26. The molecule has 1 aromatic carbocycles. The van der Waals surface area contributed by atoms with Crippen molar-refractivity contribution in [2.24, 2.45) is 0 Å². The number of hydrogen-bond donors (Lipinski definition) is 2. The van der Waals surface area contributed by atoms with Crippen molar-refractivity contribution in [2.45, 2.75) is 13.3 Å².